The largest absolute Gasteiger partial charge is 0.480 e. The molecule has 0 unspecified atom stereocenters. The van der Waals surface area contributed by atoms with Gasteiger partial charge in [-0.3, -0.25) is 4.40 Å². The smallest absolute Gasteiger partial charge is 0.237 e. The fourth-order valence-electron chi connectivity index (χ4n) is 1.77. The number of rotatable bonds is 5. The number of fused-ring (bicyclic) bond motifs is 1. The first-order chi connectivity index (χ1) is 8.88. The van der Waals surface area contributed by atoms with Gasteiger partial charge in [0.15, 0.2) is 4.96 Å². The number of hydrogen-bond donors (Lipinski definition) is 1. The van der Waals surface area contributed by atoms with E-state index >= 15 is 0 Å². The quantitative estimate of drug-likeness (QED) is 0.778. The van der Waals surface area contributed by atoms with Crippen molar-refractivity contribution in [2.75, 3.05) is 7.11 Å². The van der Waals surface area contributed by atoms with Crippen LogP contribution in [0.4, 0.5) is 0 Å². The van der Waals surface area contributed by atoms with Crippen molar-refractivity contribution in [3.8, 4) is 5.88 Å². The van der Waals surface area contributed by atoms with Gasteiger partial charge in [-0.05, 0) is 0 Å². The first-order valence-corrected chi connectivity index (χ1v) is 7.22. The van der Waals surface area contributed by atoms with E-state index in [1.807, 2.05) is 23.2 Å². The lowest BCUT2D eigenvalue weighted by molar-refractivity contribution is 0.393. The van der Waals surface area contributed by atoms with Crippen molar-refractivity contribution in [1.29, 1.82) is 0 Å². The highest BCUT2D eigenvalue weighted by molar-refractivity contribution is 7.15. The van der Waals surface area contributed by atoms with E-state index in [1.54, 1.807) is 29.8 Å². The van der Waals surface area contributed by atoms with E-state index in [2.05, 4.69) is 19.7 Å². The fourth-order valence-corrected chi connectivity index (χ4v) is 3.08. The topological polar surface area (TPSA) is 51.5 Å². The molecule has 94 valence electrons. The zero-order valence-corrected chi connectivity index (χ0v) is 11.4. The maximum absolute atomic E-state index is 5.30. The fraction of sp³-hybridized carbons (Fsp3) is 0.273. The van der Waals surface area contributed by atoms with Crippen molar-refractivity contribution in [2.45, 2.75) is 13.1 Å². The molecule has 0 aliphatic rings. The van der Waals surface area contributed by atoms with E-state index in [0.717, 1.165) is 22.2 Å². The van der Waals surface area contributed by atoms with Crippen LogP contribution in [0.2, 0.25) is 0 Å². The Morgan fingerprint density at radius 1 is 1.33 bits per heavy atom. The molecule has 18 heavy (non-hydrogen) atoms. The first-order valence-electron chi connectivity index (χ1n) is 5.46. The molecule has 0 amide bonds. The summed E-state index contributed by atoms with van der Waals surface area (Å²) in [6.07, 6.45) is 3.83. The Bertz CT molecular complexity index is 629. The number of imidazole rings is 1. The van der Waals surface area contributed by atoms with Crippen molar-refractivity contribution in [2.24, 2.45) is 0 Å². The van der Waals surface area contributed by atoms with E-state index in [9.17, 15) is 0 Å². The van der Waals surface area contributed by atoms with Gasteiger partial charge in [0.2, 0.25) is 5.88 Å². The van der Waals surface area contributed by atoms with Gasteiger partial charge in [-0.15, -0.1) is 22.7 Å². The molecule has 0 aromatic carbocycles. The summed E-state index contributed by atoms with van der Waals surface area (Å²) >= 11 is 3.25. The summed E-state index contributed by atoms with van der Waals surface area (Å²) in [7, 11) is 1.65. The van der Waals surface area contributed by atoms with E-state index in [-0.39, 0.29) is 0 Å². The number of ether oxygens (including phenoxy) is 1. The van der Waals surface area contributed by atoms with Gasteiger partial charge in [-0.2, -0.15) is 4.98 Å². The maximum Gasteiger partial charge on any atom is 0.237 e. The highest BCUT2D eigenvalue weighted by Gasteiger charge is 2.12. The Balaban J connectivity index is 1.74. The highest BCUT2D eigenvalue weighted by Crippen LogP contribution is 2.22. The van der Waals surface area contributed by atoms with Crippen molar-refractivity contribution in [3.63, 3.8) is 0 Å². The lowest BCUT2D eigenvalue weighted by atomic mass is 10.4. The van der Waals surface area contributed by atoms with Crippen molar-refractivity contribution >= 4 is 27.6 Å². The van der Waals surface area contributed by atoms with Gasteiger partial charge < -0.3 is 10.1 Å². The van der Waals surface area contributed by atoms with Gasteiger partial charge in [-0.1, -0.05) is 0 Å². The third-order valence-electron chi connectivity index (χ3n) is 2.57. The SMILES string of the molecule is COc1nc2sccn2c1CNCc1nccs1. The minimum absolute atomic E-state index is 0.688. The Kier molecular flexibility index (Phi) is 3.26. The molecule has 7 heteroatoms. The Morgan fingerprint density at radius 3 is 3.06 bits per heavy atom. The van der Waals surface area contributed by atoms with Crippen LogP contribution in [0, 0.1) is 0 Å². The third-order valence-corrected chi connectivity index (χ3v) is 4.11. The van der Waals surface area contributed by atoms with E-state index in [0.29, 0.717) is 12.4 Å². The number of hydrogen-bond acceptors (Lipinski definition) is 6. The number of thiazole rings is 2. The average molecular weight is 280 g/mol. The summed E-state index contributed by atoms with van der Waals surface area (Å²) in [4.78, 5) is 9.60. The van der Waals surface area contributed by atoms with Crippen LogP contribution in [-0.4, -0.2) is 21.5 Å². The summed E-state index contributed by atoms with van der Waals surface area (Å²) in [5.74, 6) is 0.688. The summed E-state index contributed by atoms with van der Waals surface area (Å²) in [5, 5.41) is 8.44. The first kappa shape index (κ1) is 11.6. The van der Waals surface area contributed by atoms with Crippen LogP contribution in [0.1, 0.15) is 10.7 Å². The van der Waals surface area contributed by atoms with Crippen LogP contribution in [-0.2, 0) is 13.1 Å². The summed E-state index contributed by atoms with van der Waals surface area (Å²) in [6.45, 7) is 1.47. The molecule has 3 rings (SSSR count). The van der Waals surface area contributed by atoms with Crippen LogP contribution in [0.15, 0.2) is 23.2 Å². The molecule has 0 aliphatic heterocycles. The molecule has 0 atom stereocenters. The molecule has 3 heterocycles. The molecule has 3 aromatic rings. The van der Waals surface area contributed by atoms with Crippen LogP contribution < -0.4 is 10.1 Å². The number of methoxy groups -OCH3 is 1. The number of nitrogens with one attached hydrogen (secondary N) is 1. The molecule has 0 bridgehead atoms. The van der Waals surface area contributed by atoms with Crippen LogP contribution in [0.5, 0.6) is 5.88 Å². The van der Waals surface area contributed by atoms with Gasteiger partial charge in [0, 0.05) is 36.2 Å². The van der Waals surface area contributed by atoms with Gasteiger partial charge in [-0.25, -0.2) is 4.98 Å². The molecule has 0 saturated heterocycles. The van der Waals surface area contributed by atoms with Gasteiger partial charge in [0.1, 0.15) is 10.7 Å². The molecular formula is C11H12N4OS2. The average Bonchev–Trinajstić information content (AvgIpc) is 3.06. The number of nitrogens with zero attached hydrogens (tertiary/aromatic N) is 3. The lowest BCUT2D eigenvalue weighted by Gasteiger charge is -2.04. The second-order valence-electron chi connectivity index (χ2n) is 3.65. The van der Waals surface area contributed by atoms with Crippen LogP contribution in [0.3, 0.4) is 0 Å². The number of aromatic nitrogens is 3. The van der Waals surface area contributed by atoms with Gasteiger partial charge >= 0.3 is 0 Å². The summed E-state index contributed by atoms with van der Waals surface area (Å²) < 4.78 is 7.35. The summed E-state index contributed by atoms with van der Waals surface area (Å²) in [5.41, 5.74) is 1.05. The van der Waals surface area contributed by atoms with Crippen LogP contribution in [0.25, 0.3) is 4.96 Å². The van der Waals surface area contributed by atoms with Crippen LogP contribution >= 0.6 is 22.7 Å². The maximum atomic E-state index is 5.30. The normalized spacial score (nSPS) is 11.2. The van der Waals surface area contributed by atoms with E-state index in [4.69, 9.17) is 4.74 Å². The highest BCUT2D eigenvalue weighted by atomic mass is 32.1. The second kappa shape index (κ2) is 5.05. The zero-order valence-electron chi connectivity index (χ0n) is 9.79. The van der Waals surface area contributed by atoms with Crippen molar-refractivity contribution < 1.29 is 4.74 Å². The molecule has 1 N–H and O–H groups in total. The summed E-state index contributed by atoms with van der Waals surface area (Å²) in [6, 6.07) is 0. The van der Waals surface area contributed by atoms with E-state index in [1.165, 1.54) is 0 Å². The molecular weight excluding hydrogens is 268 g/mol. The standard InChI is InChI=1S/C11H12N4OS2/c1-16-10-8(15-3-5-18-11(15)14-10)6-12-7-9-13-2-4-17-9/h2-5,12H,6-7H2,1H3. The minimum atomic E-state index is 0.688. The predicted octanol–water partition coefficient (Wildman–Crippen LogP) is 2.15. The molecule has 0 aliphatic carbocycles. The Hall–Kier alpha value is -1.44. The Labute approximate surface area is 112 Å². The Morgan fingerprint density at radius 2 is 2.28 bits per heavy atom. The van der Waals surface area contributed by atoms with Crippen molar-refractivity contribution in [3.05, 3.63) is 33.9 Å². The van der Waals surface area contributed by atoms with Gasteiger partial charge in [0.05, 0.1) is 7.11 Å². The molecule has 0 spiro atoms. The minimum Gasteiger partial charge on any atom is -0.480 e. The molecule has 3 aromatic heterocycles. The van der Waals surface area contributed by atoms with Crippen molar-refractivity contribution in [1.82, 2.24) is 19.7 Å². The monoisotopic (exact) mass is 280 g/mol. The third kappa shape index (κ3) is 2.12. The predicted molar refractivity (Wildman–Crippen MR) is 72.3 cm³/mol. The molecule has 5 nitrogen and oxygen atoms in total. The van der Waals surface area contributed by atoms with Gasteiger partial charge in [0.25, 0.3) is 0 Å². The second-order valence-corrected chi connectivity index (χ2v) is 5.50. The zero-order chi connectivity index (χ0) is 12.4. The molecule has 0 saturated carbocycles. The lowest BCUT2D eigenvalue weighted by Crippen LogP contribution is -2.14. The molecule has 0 fully saturated rings. The van der Waals surface area contributed by atoms with E-state index < -0.39 is 0 Å². The molecule has 0 radical (unpaired) electrons.